The van der Waals surface area contributed by atoms with Crippen LogP contribution in [-0.2, 0) is 0 Å². The van der Waals surface area contributed by atoms with Gasteiger partial charge in [0.1, 0.15) is 16.9 Å². The van der Waals surface area contributed by atoms with Gasteiger partial charge in [-0.15, -0.1) is 11.3 Å². The van der Waals surface area contributed by atoms with E-state index in [1.54, 1.807) is 30.3 Å². The molecule has 0 unspecified atom stereocenters. The molecular formula is C13H10O4S. The maximum absolute atomic E-state index is 10.8. The van der Waals surface area contributed by atoms with Gasteiger partial charge in [-0.25, -0.2) is 4.79 Å². The van der Waals surface area contributed by atoms with Crippen LogP contribution in [0, 0.1) is 0 Å². The van der Waals surface area contributed by atoms with E-state index in [9.17, 15) is 9.59 Å². The number of benzene rings is 1. The van der Waals surface area contributed by atoms with E-state index in [0.29, 0.717) is 11.3 Å². The third-order valence-corrected chi connectivity index (χ3v) is 3.55. The molecule has 0 spiro atoms. The minimum Gasteiger partial charge on any atom is -0.496 e. The number of carboxylic acids is 1. The fourth-order valence-electron chi connectivity index (χ4n) is 1.58. The molecule has 0 saturated carbocycles. The number of carboxylic acid groups (broad SMARTS) is 1. The van der Waals surface area contributed by atoms with Gasteiger partial charge in [-0.1, -0.05) is 6.07 Å². The van der Waals surface area contributed by atoms with E-state index in [0.717, 1.165) is 16.7 Å². The predicted molar refractivity (Wildman–Crippen MR) is 68.7 cm³/mol. The normalized spacial score (nSPS) is 10.1. The van der Waals surface area contributed by atoms with Crippen molar-refractivity contribution in [2.75, 3.05) is 7.11 Å². The number of aromatic carboxylic acids is 1. The molecule has 92 valence electrons. The SMILES string of the molecule is COc1cc(C=O)ccc1-c1ccc(C(=O)O)s1. The lowest BCUT2D eigenvalue weighted by Crippen LogP contribution is -1.90. The fourth-order valence-corrected chi connectivity index (χ4v) is 2.46. The van der Waals surface area contributed by atoms with Crippen molar-refractivity contribution < 1.29 is 19.4 Å². The van der Waals surface area contributed by atoms with Gasteiger partial charge in [0.25, 0.3) is 0 Å². The summed E-state index contributed by atoms with van der Waals surface area (Å²) in [6, 6.07) is 8.33. The lowest BCUT2D eigenvalue weighted by atomic mass is 10.1. The number of carbonyl (C=O) groups excluding carboxylic acids is 1. The molecule has 0 saturated heterocycles. The average Bonchev–Trinajstić information content (AvgIpc) is 2.87. The summed E-state index contributed by atoms with van der Waals surface area (Å²) in [5, 5.41) is 8.89. The summed E-state index contributed by atoms with van der Waals surface area (Å²) < 4.78 is 5.21. The Morgan fingerprint density at radius 3 is 2.67 bits per heavy atom. The molecule has 0 aliphatic rings. The number of hydrogen-bond acceptors (Lipinski definition) is 4. The Kier molecular flexibility index (Phi) is 3.43. The Bertz CT molecular complexity index is 601. The van der Waals surface area contributed by atoms with E-state index in [4.69, 9.17) is 9.84 Å². The Morgan fingerprint density at radius 2 is 2.11 bits per heavy atom. The van der Waals surface area contributed by atoms with Gasteiger partial charge in [-0.2, -0.15) is 0 Å². The zero-order valence-corrected chi connectivity index (χ0v) is 10.4. The van der Waals surface area contributed by atoms with Crippen LogP contribution in [0.3, 0.4) is 0 Å². The maximum Gasteiger partial charge on any atom is 0.345 e. The van der Waals surface area contributed by atoms with Crippen LogP contribution in [0.1, 0.15) is 20.0 Å². The van der Waals surface area contributed by atoms with Crippen molar-refractivity contribution in [1.82, 2.24) is 0 Å². The number of hydrogen-bond donors (Lipinski definition) is 1. The van der Waals surface area contributed by atoms with Crippen LogP contribution in [0.15, 0.2) is 30.3 Å². The summed E-state index contributed by atoms with van der Waals surface area (Å²) in [7, 11) is 1.51. The van der Waals surface area contributed by atoms with E-state index < -0.39 is 5.97 Å². The molecule has 0 fully saturated rings. The molecular weight excluding hydrogens is 252 g/mol. The van der Waals surface area contributed by atoms with Gasteiger partial charge >= 0.3 is 5.97 Å². The lowest BCUT2D eigenvalue weighted by Gasteiger charge is -2.06. The molecule has 0 aliphatic carbocycles. The Labute approximate surface area is 107 Å². The van der Waals surface area contributed by atoms with Gasteiger partial charge in [-0.05, 0) is 24.3 Å². The quantitative estimate of drug-likeness (QED) is 0.860. The summed E-state index contributed by atoms with van der Waals surface area (Å²) in [5.74, 6) is -0.395. The van der Waals surface area contributed by atoms with Crippen LogP contribution in [0.5, 0.6) is 5.75 Å². The second-order valence-corrected chi connectivity index (χ2v) is 4.63. The highest BCUT2D eigenvalue weighted by Gasteiger charge is 2.12. The second kappa shape index (κ2) is 5.01. The summed E-state index contributed by atoms with van der Waals surface area (Å²) in [6.07, 6.45) is 0.739. The molecule has 0 bridgehead atoms. The maximum atomic E-state index is 10.8. The average molecular weight is 262 g/mol. The van der Waals surface area contributed by atoms with Crippen molar-refractivity contribution in [2.24, 2.45) is 0 Å². The van der Waals surface area contributed by atoms with E-state index in [1.165, 1.54) is 18.4 Å². The first kappa shape index (κ1) is 12.3. The van der Waals surface area contributed by atoms with Crippen LogP contribution in [0.25, 0.3) is 10.4 Å². The van der Waals surface area contributed by atoms with Crippen LogP contribution >= 0.6 is 11.3 Å². The molecule has 0 aliphatic heterocycles. The number of ether oxygens (including phenoxy) is 1. The smallest absolute Gasteiger partial charge is 0.345 e. The third kappa shape index (κ3) is 2.26. The molecule has 5 heteroatoms. The number of thiophene rings is 1. The highest BCUT2D eigenvalue weighted by molar-refractivity contribution is 7.17. The van der Waals surface area contributed by atoms with Crippen molar-refractivity contribution in [3.8, 4) is 16.2 Å². The minimum absolute atomic E-state index is 0.270. The second-order valence-electron chi connectivity index (χ2n) is 3.55. The largest absolute Gasteiger partial charge is 0.496 e. The first-order valence-corrected chi connectivity index (χ1v) is 5.94. The van der Waals surface area contributed by atoms with Gasteiger partial charge in [0, 0.05) is 16.0 Å². The van der Waals surface area contributed by atoms with Gasteiger partial charge < -0.3 is 9.84 Å². The molecule has 2 aromatic rings. The Morgan fingerprint density at radius 1 is 1.33 bits per heavy atom. The lowest BCUT2D eigenvalue weighted by molar-refractivity contribution is 0.0702. The van der Waals surface area contributed by atoms with Crippen LogP contribution in [0.2, 0.25) is 0 Å². The standard InChI is InChI=1S/C13H10O4S/c1-17-10-6-8(7-14)2-3-9(10)11-4-5-12(18-11)13(15)16/h2-7H,1H3,(H,15,16). The molecule has 1 aromatic carbocycles. The molecule has 0 amide bonds. The monoisotopic (exact) mass is 262 g/mol. The highest BCUT2D eigenvalue weighted by Crippen LogP contribution is 2.35. The highest BCUT2D eigenvalue weighted by atomic mass is 32.1. The van der Waals surface area contributed by atoms with Crippen molar-refractivity contribution in [3.63, 3.8) is 0 Å². The Balaban J connectivity index is 2.48. The number of methoxy groups -OCH3 is 1. The van der Waals surface area contributed by atoms with Gasteiger partial charge in [0.15, 0.2) is 0 Å². The van der Waals surface area contributed by atoms with Crippen molar-refractivity contribution in [3.05, 3.63) is 40.8 Å². The molecule has 1 N–H and O–H groups in total. The molecule has 0 radical (unpaired) electrons. The van der Waals surface area contributed by atoms with E-state index in [-0.39, 0.29) is 4.88 Å². The molecule has 18 heavy (non-hydrogen) atoms. The zero-order valence-electron chi connectivity index (χ0n) is 9.54. The Hall–Kier alpha value is -2.14. The fraction of sp³-hybridized carbons (Fsp3) is 0.0769. The molecule has 2 rings (SSSR count). The van der Waals surface area contributed by atoms with Crippen molar-refractivity contribution in [2.45, 2.75) is 0 Å². The van der Waals surface area contributed by atoms with Crippen molar-refractivity contribution in [1.29, 1.82) is 0 Å². The zero-order chi connectivity index (χ0) is 13.1. The van der Waals surface area contributed by atoms with E-state index >= 15 is 0 Å². The molecule has 0 atom stereocenters. The van der Waals surface area contributed by atoms with Gasteiger partial charge in [0.2, 0.25) is 0 Å². The first-order valence-electron chi connectivity index (χ1n) is 5.12. The summed E-state index contributed by atoms with van der Waals surface area (Å²) in [5.41, 5.74) is 1.30. The van der Waals surface area contributed by atoms with E-state index in [2.05, 4.69) is 0 Å². The van der Waals surface area contributed by atoms with Gasteiger partial charge in [0.05, 0.1) is 7.11 Å². The van der Waals surface area contributed by atoms with Gasteiger partial charge in [-0.3, -0.25) is 4.79 Å². The van der Waals surface area contributed by atoms with Crippen LogP contribution < -0.4 is 4.74 Å². The first-order chi connectivity index (χ1) is 8.65. The molecule has 4 nitrogen and oxygen atoms in total. The summed E-state index contributed by atoms with van der Waals surface area (Å²) in [6.45, 7) is 0. The van der Waals surface area contributed by atoms with Crippen LogP contribution in [-0.4, -0.2) is 24.5 Å². The topological polar surface area (TPSA) is 63.6 Å². The molecule has 1 heterocycles. The predicted octanol–water partition coefficient (Wildman–Crippen LogP) is 2.93. The van der Waals surface area contributed by atoms with Crippen molar-refractivity contribution >= 4 is 23.6 Å². The number of carbonyl (C=O) groups is 2. The summed E-state index contributed by atoms with van der Waals surface area (Å²) >= 11 is 1.17. The minimum atomic E-state index is -0.949. The number of rotatable bonds is 4. The van der Waals surface area contributed by atoms with Crippen LogP contribution in [0.4, 0.5) is 0 Å². The van der Waals surface area contributed by atoms with E-state index in [1.807, 2.05) is 0 Å². The third-order valence-electron chi connectivity index (χ3n) is 2.44. The number of aldehydes is 1. The molecule has 1 aromatic heterocycles. The summed E-state index contributed by atoms with van der Waals surface area (Å²) in [4.78, 5) is 22.6.